The first-order valence-electron chi connectivity index (χ1n) is 8.63. The van der Waals surface area contributed by atoms with Gasteiger partial charge < -0.3 is 25.4 Å². The number of aliphatic carboxylic acids is 2. The number of likely N-dealkylation sites (tertiary alicyclic amines) is 1. The van der Waals surface area contributed by atoms with E-state index < -0.39 is 18.0 Å². The molecule has 2 heterocycles. The number of ether oxygens (including phenoxy) is 1. The number of hydrogen-bond donors (Lipinski definition) is 4. The Labute approximate surface area is 157 Å². The molecular weight excluding hydrogens is 360 g/mol. The van der Waals surface area contributed by atoms with Crippen LogP contribution in [0.4, 0.5) is 0 Å². The molecule has 8 nitrogen and oxygen atoms in total. The van der Waals surface area contributed by atoms with Crippen molar-refractivity contribution in [2.75, 3.05) is 32.8 Å². The Hall–Kier alpha value is -1.52. The number of nitrogens with one attached hydrogen (secondary N) is 1. The van der Waals surface area contributed by atoms with Crippen molar-refractivity contribution in [1.82, 2.24) is 10.2 Å². The van der Waals surface area contributed by atoms with Gasteiger partial charge in [0.2, 0.25) is 0 Å². The Balaban J connectivity index is 0.000000487. The van der Waals surface area contributed by atoms with Gasteiger partial charge in [0.25, 0.3) is 0 Å². The van der Waals surface area contributed by atoms with Gasteiger partial charge in [0, 0.05) is 24.0 Å². The van der Waals surface area contributed by atoms with E-state index in [1.807, 2.05) is 11.4 Å². The number of aliphatic hydroxyl groups is 1. The maximum absolute atomic E-state index is 9.88. The summed E-state index contributed by atoms with van der Waals surface area (Å²) in [6.45, 7) is 7.13. The molecule has 0 spiro atoms. The molecular formula is C17H28N2O6S. The van der Waals surface area contributed by atoms with Crippen molar-refractivity contribution < 1.29 is 29.6 Å². The minimum Gasteiger partial charge on any atom is -0.473 e. The number of thiophene rings is 1. The van der Waals surface area contributed by atoms with E-state index in [1.165, 1.54) is 24.3 Å². The largest absolute Gasteiger partial charge is 0.473 e. The number of carbonyl (C=O) groups is 2. The zero-order valence-electron chi connectivity index (χ0n) is 15.0. The molecule has 1 aromatic rings. The summed E-state index contributed by atoms with van der Waals surface area (Å²) in [4.78, 5) is 21.9. The SMILES string of the molecule is CCN1CCCC1CNCC(O)COCc1cccs1.O=C(O)C(=O)O. The van der Waals surface area contributed by atoms with Crippen LogP contribution in [0.3, 0.4) is 0 Å². The number of aliphatic hydroxyl groups excluding tert-OH is 1. The number of nitrogens with zero attached hydrogens (tertiary/aromatic N) is 1. The molecule has 1 aliphatic heterocycles. The highest BCUT2D eigenvalue weighted by Gasteiger charge is 2.22. The lowest BCUT2D eigenvalue weighted by molar-refractivity contribution is -0.159. The van der Waals surface area contributed by atoms with E-state index in [0.29, 0.717) is 25.8 Å². The number of hydrogen-bond acceptors (Lipinski definition) is 7. The predicted octanol–water partition coefficient (Wildman–Crippen LogP) is 0.855. The van der Waals surface area contributed by atoms with Gasteiger partial charge in [-0.25, -0.2) is 9.59 Å². The predicted molar refractivity (Wildman–Crippen MR) is 98.4 cm³/mol. The lowest BCUT2D eigenvalue weighted by Gasteiger charge is -2.23. The third kappa shape index (κ3) is 9.25. The van der Waals surface area contributed by atoms with Gasteiger partial charge in [0.15, 0.2) is 0 Å². The van der Waals surface area contributed by atoms with Crippen molar-refractivity contribution in [2.24, 2.45) is 0 Å². The third-order valence-electron chi connectivity index (χ3n) is 3.98. The highest BCUT2D eigenvalue weighted by molar-refractivity contribution is 7.09. The average molecular weight is 388 g/mol. The van der Waals surface area contributed by atoms with Crippen LogP contribution in [0.1, 0.15) is 24.6 Å². The Bertz CT molecular complexity index is 513. The maximum atomic E-state index is 9.88. The summed E-state index contributed by atoms with van der Waals surface area (Å²) in [6.07, 6.45) is 2.14. The molecule has 0 radical (unpaired) electrons. The number of carboxylic acid groups (broad SMARTS) is 2. The van der Waals surface area contributed by atoms with Crippen LogP contribution >= 0.6 is 11.3 Å². The molecule has 0 saturated carbocycles. The van der Waals surface area contributed by atoms with E-state index in [2.05, 4.69) is 23.2 Å². The highest BCUT2D eigenvalue weighted by atomic mass is 32.1. The lowest BCUT2D eigenvalue weighted by Crippen LogP contribution is -2.41. The number of carboxylic acids is 2. The molecule has 0 bridgehead atoms. The van der Waals surface area contributed by atoms with Gasteiger partial charge in [-0.1, -0.05) is 13.0 Å². The molecule has 2 unspecified atom stereocenters. The second-order valence-electron chi connectivity index (χ2n) is 5.94. The van der Waals surface area contributed by atoms with Gasteiger partial charge in [0.05, 0.1) is 19.3 Å². The van der Waals surface area contributed by atoms with Crippen molar-refractivity contribution in [2.45, 2.75) is 38.5 Å². The van der Waals surface area contributed by atoms with Crippen molar-refractivity contribution in [3.8, 4) is 0 Å². The zero-order chi connectivity index (χ0) is 19.4. The fourth-order valence-electron chi connectivity index (χ4n) is 2.71. The van der Waals surface area contributed by atoms with Crippen molar-refractivity contribution in [3.05, 3.63) is 22.4 Å². The molecule has 1 aliphatic rings. The molecule has 148 valence electrons. The van der Waals surface area contributed by atoms with E-state index in [1.54, 1.807) is 11.3 Å². The van der Waals surface area contributed by atoms with Crippen LogP contribution in [-0.4, -0.2) is 77.1 Å². The average Bonchev–Trinajstić information content (AvgIpc) is 3.26. The molecule has 1 aromatic heterocycles. The van der Waals surface area contributed by atoms with Crippen LogP contribution in [0.25, 0.3) is 0 Å². The first kappa shape index (κ1) is 22.5. The summed E-state index contributed by atoms with van der Waals surface area (Å²) in [5.74, 6) is -3.65. The molecule has 1 fully saturated rings. The van der Waals surface area contributed by atoms with Crippen molar-refractivity contribution >= 4 is 23.3 Å². The first-order chi connectivity index (χ1) is 12.4. The summed E-state index contributed by atoms with van der Waals surface area (Å²) < 4.78 is 5.51. The molecule has 0 aromatic carbocycles. The Kier molecular flexibility index (Phi) is 11.1. The van der Waals surface area contributed by atoms with Crippen molar-refractivity contribution in [3.63, 3.8) is 0 Å². The third-order valence-corrected chi connectivity index (χ3v) is 4.83. The summed E-state index contributed by atoms with van der Waals surface area (Å²) in [6, 6.07) is 4.70. The van der Waals surface area contributed by atoms with E-state index >= 15 is 0 Å². The summed E-state index contributed by atoms with van der Waals surface area (Å²) in [5, 5.41) is 30.1. The van der Waals surface area contributed by atoms with E-state index in [4.69, 9.17) is 24.5 Å². The van der Waals surface area contributed by atoms with E-state index in [0.717, 1.165) is 13.1 Å². The quantitative estimate of drug-likeness (QED) is 0.460. The smallest absolute Gasteiger partial charge is 0.414 e. The standard InChI is InChI=1S/C15H26N2O2S.C2H2O4/c1-2-17-7-3-5-13(17)9-16-10-14(18)11-19-12-15-6-4-8-20-15;3-1(4)2(5)6/h4,6,8,13-14,16,18H,2-3,5,7,9-12H2,1H3;(H,3,4)(H,5,6). The normalized spacial score (nSPS) is 18.2. The van der Waals surface area contributed by atoms with Crippen LogP contribution in [-0.2, 0) is 20.9 Å². The molecule has 2 atom stereocenters. The van der Waals surface area contributed by atoms with Crippen LogP contribution in [0.2, 0.25) is 0 Å². The van der Waals surface area contributed by atoms with Crippen LogP contribution in [0, 0.1) is 0 Å². The topological polar surface area (TPSA) is 119 Å². The zero-order valence-corrected chi connectivity index (χ0v) is 15.8. The molecule has 0 amide bonds. The monoisotopic (exact) mass is 388 g/mol. The van der Waals surface area contributed by atoms with Gasteiger partial charge >= 0.3 is 11.9 Å². The fraction of sp³-hybridized carbons (Fsp3) is 0.647. The van der Waals surface area contributed by atoms with Gasteiger partial charge in [-0.15, -0.1) is 11.3 Å². The molecule has 26 heavy (non-hydrogen) atoms. The second kappa shape index (κ2) is 12.8. The van der Waals surface area contributed by atoms with Gasteiger partial charge in [-0.3, -0.25) is 4.90 Å². The number of likely N-dealkylation sites (N-methyl/N-ethyl adjacent to an activating group) is 1. The molecule has 1 saturated heterocycles. The minimum atomic E-state index is -1.82. The molecule has 9 heteroatoms. The minimum absolute atomic E-state index is 0.396. The Morgan fingerprint density at radius 2 is 2.15 bits per heavy atom. The summed E-state index contributed by atoms with van der Waals surface area (Å²) >= 11 is 1.68. The maximum Gasteiger partial charge on any atom is 0.414 e. The summed E-state index contributed by atoms with van der Waals surface area (Å²) in [7, 11) is 0. The molecule has 2 rings (SSSR count). The van der Waals surface area contributed by atoms with Crippen LogP contribution in [0.5, 0.6) is 0 Å². The highest BCUT2D eigenvalue weighted by Crippen LogP contribution is 2.15. The molecule has 4 N–H and O–H groups in total. The van der Waals surface area contributed by atoms with E-state index in [-0.39, 0.29) is 0 Å². The second-order valence-corrected chi connectivity index (χ2v) is 6.97. The van der Waals surface area contributed by atoms with Crippen LogP contribution < -0.4 is 5.32 Å². The Morgan fingerprint density at radius 1 is 1.42 bits per heavy atom. The number of rotatable bonds is 9. The van der Waals surface area contributed by atoms with E-state index in [9.17, 15) is 5.11 Å². The fourth-order valence-corrected chi connectivity index (χ4v) is 3.35. The van der Waals surface area contributed by atoms with Crippen LogP contribution in [0.15, 0.2) is 17.5 Å². The first-order valence-corrected chi connectivity index (χ1v) is 9.51. The van der Waals surface area contributed by atoms with Crippen molar-refractivity contribution in [1.29, 1.82) is 0 Å². The lowest BCUT2D eigenvalue weighted by atomic mass is 10.2. The van der Waals surface area contributed by atoms with Gasteiger partial charge in [-0.05, 0) is 37.4 Å². The van der Waals surface area contributed by atoms with Gasteiger partial charge in [0.1, 0.15) is 0 Å². The Morgan fingerprint density at radius 3 is 2.73 bits per heavy atom. The summed E-state index contributed by atoms with van der Waals surface area (Å²) in [5.41, 5.74) is 0. The van der Waals surface area contributed by atoms with Gasteiger partial charge in [-0.2, -0.15) is 0 Å². The molecule has 0 aliphatic carbocycles.